The van der Waals surface area contributed by atoms with E-state index in [1.54, 1.807) is 0 Å². The van der Waals surface area contributed by atoms with Gasteiger partial charge in [0.1, 0.15) is 18.1 Å². The van der Waals surface area contributed by atoms with Crippen LogP contribution in [0.5, 0.6) is 0 Å². The Kier molecular flexibility index (Phi) is 13.7. The van der Waals surface area contributed by atoms with E-state index in [2.05, 4.69) is 33.2 Å². The molecule has 2 saturated carbocycles. The third-order valence-corrected chi connectivity index (χ3v) is 10.5. The van der Waals surface area contributed by atoms with Crippen molar-refractivity contribution < 1.29 is 28.8 Å². The second kappa shape index (κ2) is 16.8. The highest BCUT2D eigenvalue weighted by atomic mass is 16.2. The van der Waals surface area contributed by atoms with Crippen LogP contribution in [0, 0.1) is 22.7 Å². The lowest BCUT2D eigenvalue weighted by molar-refractivity contribution is -0.146. The molecule has 6 amide bonds. The zero-order chi connectivity index (χ0) is 38.5. The minimum absolute atomic E-state index is 0.122. The summed E-state index contributed by atoms with van der Waals surface area (Å²) in [6.07, 6.45) is 8.05. The molecule has 0 aromatic rings. The van der Waals surface area contributed by atoms with Crippen molar-refractivity contribution >= 4 is 35.4 Å². The van der Waals surface area contributed by atoms with Crippen molar-refractivity contribution in [1.29, 1.82) is 0 Å². The summed E-state index contributed by atoms with van der Waals surface area (Å²) in [5.74, 6) is -3.06. The molecule has 12 nitrogen and oxygen atoms in total. The molecule has 5 N–H and O–H groups in total. The third-order valence-electron chi connectivity index (χ3n) is 10.5. The minimum atomic E-state index is -1.04. The van der Waals surface area contributed by atoms with Gasteiger partial charge in [-0.15, -0.1) is 6.58 Å². The number of ketones is 1. The maximum Gasteiger partial charge on any atom is 0.315 e. The number of hydrogen-bond donors (Lipinski definition) is 5. The van der Waals surface area contributed by atoms with Gasteiger partial charge < -0.3 is 31.5 Å². The van der Waals surface area contributed by atoms with E-state index >= 15 is 0 Å². The minimum Gasteiger partial charge on any atom is -0.346 e. The topological polar surface area (TPSA) is 166 Å². The molecule has 0 spiro atoms. The standard InChI is InChI=1S/C39H64N6O6/c1-12-20-40-33(48)29(46)27(21-25-16-17-25)41-32(47)28-24(4)26(23(2)3)22-45(28)35(50)31(37(5,6)7)42-34(49)30(39(11)18-14-13-15-19-39)43-36(51)44-38(8,9)10/h12,24-25,27-28,30-31H,1,13-22H2,2-11H3,(H,40,48)(H,41,47)(H,42,49)(H2,43,44,51)/t24-,27?,28-,30+,31+/m0/s1. The Labute approximate surface area is 305 Å². The molecule has 2 aliphatic carbocycles. The third kappa shape index (κ3) is 11.1. The van der Waals surface area contributed by atoms with Gasteiger partial charge in [-0.25, -0.2) is 4.79 Å². The van der Waals surface area contributed by atoms with E-state index in [4.69, 9.17) is 0 Å². The van der Waals surface area contributed by atoms with Crippen LogP contribution in [0.3, 0.4) is 0 Å². The van der Waals surface area contributed by atoms with Gasteiger partial charge in [0.25, 0.3) is 5.91 Å². The number of nitrogens with zero attached hydrogens (tertiary/aromatic N) is 1. The first-order valence-corrected chi connectivity index (χ1v) is 18.7. The maximum absolute atomic E-state index is 14.7. The molecule has 51 heavy (non-hydrogen) atoms. The molecule has 0 aromatic carbocycles. The molecule has 1 unspecified atom stereocenters. The summed E-state index contributed by atoms with van der Waals surface area (Å²) in [4.78, 5) is 83.9. The van der Waals surface area contributed by atoms with Crippen LogP contribution in [0.25, 0.3) is 0 Å². The van der Waals surface area contributed by atoms with E-state index in [1.807, 2.05) is 69.2 Å². The van der Waals surface area contributed by atoms with E-state index in [0.717, 1.165) is 56.1 Å². The molecule has 12 heteroatoms. The van der Waals surface area contributed by atoms with Crippen molar-refractivity contribution in [2.45, 2.75) is 150 Å². The number of Topliss-reactive ketones (excluding diaryl/α,β-unsaturated/α-hetero) is 1. The first-order chi connectivity index (χ1) is 23.6. The molecule has 0 radical (unpaired) electrons. The SMILES string of the molecule is C=CCNC(=O)C(=O)C(CC1CC1)NC(=O)[C@@H]1[C@@H](C)C(=C(C)C)CN1C(=O)[C@@H](NC(=O)[C@@H](NC(=O)NC(C)(C)C)C1(C)CCCCC1)C(C)(C)C. The number of carbonyl (C=O) groups is 6. The Morgan fingerprint density at radius 1 is 0.941 bits per heavy atom. The molecular weight excluding hydrogens is 648 g/mol. The van der Waals surface area contributed by atoms with E-state index in [9.17, 15) is 28.8 Å². The van der Waals surface area contributed by atoms with E-state index in [-0.39, 0.29) is 24.9 Å². The van der Waals surface area contributed by atoms with Crippen LogP contribution in [0.15, 0.2) is 23.8 Å². The molecule has 286 valence electrons. The highest BCUT2D eigenvalue weighted by Gasteiger charge is 2.49. The Bertz CT molecular complexity index is 1380. The Hall–Kier alpha value is -3.70. The van der Waals surface area contributed by atoms with Gasteiger partial charge in [-0.2, -0.15) is 0 Å². The van der Waals surface area contributed by atoms with Gasteiger partial charge in [0.05, 0.1) is 6.04 Å². The lowest BCUT2D eigenvalue weighted by Gasteiger charge is -2.42. The fraction of sp³-hybridized carbons (Fsp3) is 0.744. The van der Waals surface area contributed by atoms with E-state index < -0.39 is 76.0 Å². The van der Waals surface area contributed by atoms with E-state index in [1.165, 1.54) is 11.0 Å². The smallest absolute Gasteiger partial charge is 0.315 e. The van der Waals surface area contributed by atoms with Crippen LogP contribution in [-0.2, 0) is 24.0 Å². The summed E-state index contributed by atoms with van der Waals surface area (Å²) in [5.41, 5.74) is 0.0731. The summed E-state index contributed by atoms with van der Waals surface area (Å²) in [6.45, 7) is 22.8. The van der Waals surface area contributed by atoms with Crippen LogP contribution < -0.4 is 26.6 Å². The van der Waals surface area contributed by atoms with Crippen molar-refractivity contribution in [3.05, 3.63) is 23.8 Å². The van der Waals surface area contributed by atoms with Gasteiger partial charge in [-0.05, 0) is 76.2 Å². The van der Waals surface area contributed by atoms with Gasteiger partial charge >= 0.3 is 6.03 Å². The van der Waals surface area contributed by atoms with Gasteiger partial charge in [0.15, 0.2) is 0 Å². The quantitative estimate of drug-likeness (QED) is 0.141. The molecule has 3 rings (SSSR count). The second-order valence-corrected chi connectivity index (χ2v) is 17.6. The van der Waals surface area contributed by atoms with Crippen LogP contribution in [0.4, 0.5) is 4.79 Å². The molecule has 1 saturated heterocycles. The van der Waals surface area contributed by atoms with Crippen molar-refractivity contribution in [3.8, 4) is 0 Å². The Morgan fingerprint density at radius 3 is 2.06 bits per heavy atom. The average molecular weight is 713 g/mol. The second-order valence-electron chi connectivity index (χ2n) is 17.6. The molecule has 0 aromatic heterocycles. The molecular formula is C39H64N6O6. The summed E-state index contributed by atoms with van der Waals surface area (Å²) in [5, 5.41) is 14.3. The van der Waals surface area contributed by atoms with Crippen LogP contribution >= 0.6 is 0 Å². The number of urea groups is 1. The Morgan fingerprint density at radius 2 is 1.55 bits per heavy atom. The highest BCUT2D eigenvalue weighted by Crippen LogP contribution is 2.40. The molecule has 5 atom stereocenters. The van der Waals surface area contributed by atoms with Gasteiger partial charge in [0, 0.05) is 24.5 Å². The summed E-state index contributed by atoms with van der Waals surface area (Å²) < 4.78 is 0. The average Bonchev–Trinajstić information content (AvgIpc) is 3.77. The summed E-state index contributed by atoms with van der Waals surface area (Å²) in [6, 6.07) is -4.41. The largest absolute Gasteiger partial charge is 0.346 e. The van der Waals surface area contributed by atoms with Crippen LogP contribution in [-0.4, -0.2) is 83.1 Å². The van der Waals surface area contributed by atoms with Crippen molar-refractivity contribution in [2.75, 3.05) is 13.1 Å². The van der Waals surface area contributed by atoms with Crippen LogP contribution in [0.2, 0.25) is 0 Å². The molecule has 3 aliphatic rings. The first-order valence-electron chi connectivity index (χ1n) is 18.7. The number of likely N-dealkylation sites (tertiary alicyclic amines) is 1. The summed E-state index contributed by atoms with van der Waals surface area (Å²) in [7, 11) is 0. The number of nitrogens with one attached hydrogen (secondary N) is 5. The van der Waals surface area contributed by atoms with E-state index in [0.29, 0.717) is 6.42 Å². The fourth-order valence-electron chi connectivity index (χ4n) is 7.42. The molecule has 1 heterocycles. The lowest BCUT2D eigenvalue weighted by Crippen LogP contribution is -2.64. The zero-order valence-electron chi connectivity index (χ0n) is 32.7. The Balaban J connectivity index is 1.95. The number of rotatable bonds is 13. The maximum atomic E-state index is 14.7. The number of carbonyl (C=O) groups excluding carboxylic acids is 6. The fourth-order valence-corrected chi connectivity index (χ4v) is 7.42. The number of allylic oxidation sites excluding steroid dienone is 1. The number of amides is 6. The van der Waals surface area contributed by atoms with Gasteiger partial charge in [-0.3, -0.25) is 24.0 Å². The first kappa shape index (κ1) is 41.7. The lowest BCUT2D eigenvalue weighted by atomic mass is 9.70. The highest BCUT2D eigenvalue weighted by molar-refractivity contribution is 6.38. The normalized spacial score (nSPS) is 22.2. The zero-order valence-corrected chi connectivity index (χ0v) is 32.7. The van der Waals surface area contributed by atoms with Gasteiger partial charge in [-0.1, -0.05) is 78.4 Å². The number of hydrogen-bond acceptors (Lipinski definition) is 6. The predicted molar refractivity (Wildman–Crippen MR) is 198 cm³/mol. The van der Waals surface area contributed by atoms with Crippen molar-refractivity contribution in [2.24, 2.45) is 22.7 Å². The molecule has 0 bridgehead atoms. The predicted octanol–water partition coefficient (Wildman–Crippen LogP) is 4.29. The van der Waals surface area contributed by atoms with Crippen LogP contribution in [0.1, 0.15) is 121 Å². The van der Waals surface area contributed by atoms with Crippen molar-refractivity contribution in [3.63, 3.8) is 0 Å². The van der Waals surface area contributed by atoms with Crippen molar-refractivity contribution in [1.82, 2.24) is 31.5 Å². The molecule has 1 aliphatic heterocycles. The monoisotopic (exact) mass is 712 g/mol. The molecule has 3 fully saturated rings. The van der Waals surface area contributed by atoms with Gasteiger partial charge in [0.2, 0.25) is 23.5 Å². The summed E-state index contributed by atoms with van der Waals surface area (Å²) >= 11 is 0.